The van der Waals surface area contributed by atoms with Crippen LogP contribution in [-0.2, 0) is 18.4 Å². The number of benzene rings is 1. The van der Waals surface area contributed by atoms with Gasteiger partial charge in [-0.3, -0.25) is 14.4 Å². The maximum atomic E-state index is 12.5. The van der Waals surface area contributed by atoms with E-state index in [2.05, 4.69) is 28.3 Å². The number of aromatic nitrogens is 2. The Hall–Kier alpha value is -2.14. The highest BCUT2D eigenvalue weighted by Crippen LogP contribution is 2.31. The lowest BCUT2D eigenvalue weighted by atomic mass is 10.1. The van der Waals surface area contributed by atoms with Gasteiger partial charge in [0, 0.05) is 38.4 Å². The molecule has 23 heavy (non-hydrogen) atoms. The van der Waals surface area contributed by atoms with E-state index in [1.807, 2.05) is 48.1 Å². The molecular formula is C18H24N4O. The predicted molar refractivity (Wildman–Crippen MR) is 89.7 cm³/mol. The van der Waals surface area contributed by atoms with Crippen molar-refractivity contribution in [3.8, 4) is 0 Å². The predicted octanol–water partition coefficient (Wildman–Crippen LogP) is 2.22. The SMILES string of the molecule is CN(Cc1ccccc1)C(=O)CN1CCC[C@H]1c1cnn(C)c1. The van der Waals surface area contributed by atoms with Gasteiger partial charge in [-0.2, -0.15) is 5.10 Å². The molecule has 122 valence electrons. The highest BCUT2D eigenvalue weighted by atomic mass is 16.2. The summed E-state index contributed by atoms with van der Waals surface area (Å²) < 4.78 is 1.83. The van der Waals surface area contributed by atoms with Gasteiger partial charge < -0.3 is 4.90 Å². The van der Waals surface area contributed by atoms with Crippen LogP contribution >= 0.6 is 0 Å². The van der Waals surface area contributed by atoms with Crippen LogP contribution in [0.1, 0.15) is 30.0 Å². The Morgan fingerprint density at radius 2 is 2.13 bits per heavy atom. The zero-order chi connectivity index (χ0) is 16.2. The number of aryl methyl sites for hydroxylation is 1. The number of carbonyl (C=O) groups excluding carboxylic acids is 1. The van der Waals surface area contributed by atoms with E-state index < -0.39 is 0 Å². The maximum Gasteiger partial charge on any atom is 0.236 e. The fourth-order valence-electron chi connectivity index (χ4n) is 3.24. The van der Waals surface area contributed by atoms with Gasteiger partial charge in [-0.05, 0) is 24.9 Å². The van der Waals surface area contributed by atoms with Gasteiger partial charge in [0.15, 0.2) is 0 Å². The summed E-state index contributed by atoms with van der Waals surface area (Å²) in [5.41, 5.74) is 2.37. The molecule has 2 heterocycles. The minimum Gasteiger partial charge on any atom is -0.340 e. The van der Waals surface area contributed by atoms with Crippen molar-refractivity contribution in [3.05, 3.63) is 53.9 Å². The van der Waals surface area contributed by atoms with Crippen LogP contribution in [0.25, 0.3) is 0 Å². The summed E-state index contributed by atoms with van der Waals surface area (Å²) in [6.07, 6.45) is 6.21. The number of hydrogen-bond acceptors (Lipinski definition) is 3. The summed E-state index contributed by atoms with van der Waals surface area (Å²) in [5, 5.41) is 4.26. The molecule has 1 aliphatic rings. The van der Waals surface area contributed by atoms with E-state index in [-0.39, 0.29) is 5.91 Å². The number of rotatable bonds is 5. The summed E-state index contributed by atoms with van der Waals surface area (Å²) in [6.45, 7) is 2.11. The minimum absolute atomic E-state index is 0.171. The molecule has 2 aromatic rings. The van der Waals surface area contributed by atoms with E-state index in [1.165, 1.54) is 5.56 Å². The topological polar surface area (TPSA) is 41.4 Å². The van der Waals surface area contributed by atoms with Crippen molar-refractivity contribution in [1.82, 2.24) is 19.6 Å². The van der Waals surface area contributed by atoms with Crippen LogP contribution in [0.3, 0.4) is 0 Å². The lowest BCUT2D eigenvalue weighted by Crippen LogP contribution is -2.37. The molecule has 1 aromatic heterocycles. The summed E-state index contributed by atoms with van der Waals surface area (Å²) in [7, 11) is 3.81. The van der Waals surface area contributed by atoms with E-state index in [1.54, 1.807) is 0 Å². The van der Waals surface area contributed by atoms with Crippen molar-refractivity contribution >= 4 is 5.91 Å². The Bertz CT molecular complexity index is 652. The van der Waals surface area contributed by atoms with Crippen LogP contribution < -0.4 is 0 Å². The molecule has 0 N–H and O–H groups in total. The Labute approximate surface area is 137 Å². The minimum atomic E-state index is 0.171. The zero-order valence-electron chi connectivity index (χ0n) is 13.9. The van der Waals surface area contributed by atoms with E-state index >= 15 is 0 Å². The second kappa shape index (κ2) is 6.96. The number of carbonyl (C=O) groups is 1. The van der Waals surface area contributed by atoms with Crippen molar-refractivity contribution in [2.75, 3.05) is 20.1 Å². The molecule has 1 amide bonds. The quantitative estimate of drug-likeness (QED) is 0.850. The Kier molecular flexibility index (Phi) is 4.76. The Balaban J connectivity index is 1.60. The highest BCUT2D eigenvalue weighted by Gasteiger charge is 2.29. The zero-order valence-corrected chi connectivity index (χ0v) is 13.9. The van der Waals surface area contributed by atoms with E-state index in [4.69, 9.17) is 0 Å². The van der Waals surface area contributed by atoms with Gasteiger partial charge in [-0.15, -0.1) is 0 Å². The van der Waals surface area contributed by atoms with Gasteiger partial charge in [0.1, 0.15) is 0 Å². The first kappa shape index (κ1) is 15.7. The third kappa shape index (κ3) is 3.79. The van der Waals surface area contributed by atoms with Gasteiger partial charge in [0.05, 0.1) is 12.7 Å². The molecule has 1 aliphatic heterocycles. The second-order valence-corrected chi connectivity index (χ2v) is 6.31. The molecule has 0 unspecified atom stereocenters. The number of likely N-dealkylation sites (N-methyl/N-ethyl adjacent to an activating group) is 1. The molecule has 5 heteroatoms. The molecule has 1 atom stereocenters. The van der Waals surface area contributed by atoms with Gasteiger partial charge in [0.2, 0.25) is 5.91 Å². The van der Waals surface area contributed by atoms with E-state index in [0.29, 0.717) is 19.1 Å². The summed E-state index contributed by atoms with van der Waals surface area (Å²) in [5.74, 6) is 0.171. The van der Waals surface area contributed by atoms with E-state index in [9.17, 15) is 4.79 Å². The fraction of sp³-hybridized carbons (Fsp3) is 0.444. The molecule has 0 bridgehead atoms. The van der Waals surface area contributed by atoms with Crippen LogP contribution in [0.15, 0.2) is 42.7 Å². The van der Waals surface area contributed by atoms with Crippen molar-refractivity contribution in [3.63, 3.8) is 0 Å². The van der Waals surface area contributed by atoms with Gasteiger partial charge >= 0.3 is 0 Å². The number of nitrogens with zero attached hydrogens (tertiary/aromatic N) is 4. The first-order valence-electron chi connectivity index (χ1n) is 8.14. The molecule has 0 radical (unpaired) electrons. The van der Waals surface area contributed by atoms with Crippen LogP contribution in [0.2, 0.25) is 0 Å². The highest BCUT2D eigenvalue weighted by molar-refractivity contribution is 5.78. The van der Waals surface area contributed by atoms with Gasteiger partial charge in [-0.25, -0.2) is 0 Å². The largest absolute Gasteiger partial charge is 0.340 e. The van der Waals surface area contributed by atoms with Crippen LogP contribution in [0.5, 0.6) is 0 Å². The molecule has 0 saturated carbocycles. The molecule has 0 aliphatic carbocycles. The average molecular weight is 312 g/mol. The molecule has 1 fully saturated rings. The lowest BCUT2D eigenvalue weighted by molar-refractivity contribution is -0.131. The third-order valence-electron chi connectivity index (χ3n) is 4.50. The first-order valence-corrected chi connectivity index (χ1v) is 8.14. The van der Waals surface area contributed by atoms with Gasteiger partial charge in [0.25, 0.3) is 0 Å². The Morgan fingerprint density at radius 1 is 1.35 bits per heavy atom. The van der Waals surface area contributed by atoms with Crippen LogP contribution in [0.4, 0.5) is 0 Å². The fourth-order valence-corrected chi connectivity index (χ4v) is 3.24. The second-order valence-electron chi connectivity index (χ2n) is 6.31. The summed E-state index contributed by atoms with van der Waals surface area (Å²) in [6, 6.07) is 10.4. The lowest BCUT2D eigenvalue weighted by Gasteiger charge is -2.26. The Morgan fingerprint density at radius 3 is 2.83 bits per heavy atom. The van der Waals surface area contributed by atoms with Gasteiger partial charge in [-0.1, -0.05) is 30.3 Å². The van der Waals surface area contributed by atoms with Crippen molar-refractivity contribution in [2.24, 2.45) is 7.05 Å². The average Bonchev–Trinajstić information content (AvgIpc) is 3.17. The molecular weight excluding hydrogens is 288 g/mol. The monoisotopic (exact) mass is 312 g/mol. The molecule has 0 spiro atoms. The first-order chi connectivity index (χ1) is 11.1. The van der Waals surface area contributed by atoms with Crippen molar-refractivity contribution in [1.29, 1.82) is 0 Å². The van der Waals surface area contributed by atoms with Crippen LogP contribution in [-0.4, -0.2) is 45.6 Å². The van der Waals surface area contributed by atoms with Crippen molar-refractivity contribution < 1.29 is 4.79 Å². The molecule has 1 aromatic carbocycles. The number of hydrogen-bond donors (Lipinski definition) is 0. The summed E-state index contributed by atoms with van der Waals surface area (Å²) in [4.78, 5) is 16.6. The maximum absolute atomic E-state index is 12.5. The molecule has 3 rings (SSSR count). The van der Waals surface area contributed by atoms with E-state index in [0.717, 1.165) is 24.9 Å². The number of likely N-dealkylation sites (tertiary alicyclic amines) is 1. The molecule has 5 nitrogen and oxygen atoms in total. The third-order valence-corrected chi connectivity index (χ3v) is 4.50. The summed E-state index contributed by atoms with van der Waals surface area (Å²) >= 11 is 0. The normalized spacial score (nSPS) is 18.3. The molecule has 1 saturated heterocycles. The van der Waals surface area contributed by atoms with Crippen molar-refractivity contribution in [2.45, 2.75) is 25.4 Å². The van der Waals surface area contributed by atoms with Crippen LogP contribution in [0, 0.1) is 0 Å². The standard InChI is InChI=1S/C18H24N4O/c1-20(12-15-7-4-3-5-8-15)18(23)14-22-10-6-9-17(22)16-11-19-21(2)13-16/h3-5,7-8,11,13,17H,6,9-10,12,14H2,1-2H3/t17-/m0/s1. The smallest absolute Gasteiger partial charge is 0.236 e. The number of amides is 1.